The van der Waals surface area contributed by atoms with Crippen LogP contribution in [0.3, 0.4) is 0 Å². The molecule has 2 rings (SSSR count). The Kier molecular flexibility index (Phi) is 2.32. The molecule has 0 saturated carbocycles. The van der Waals surface area contributed by atoms with Gasteiger partial charge in [-0.05, 0) is 25.1 Å². The van der Waals surface area contributed by atoms with Crippen LogP contribution in [0.4, 0.5) is 0 Å². The van der Waals surface area contributed by atoms with E-state index in [2.05, 4.69) is 10.2 Å². The zero-order chi connectivity index (χ0) is 10.9. The summed E-state index contributed by atoms with van der Waals surface area (Å²) in [5, 5.41) is 6.20. The number of aromatic amines is 1. The van der Waals surface area contributed by atoms with Crippen LogP contribution < -0.4 is 0 Å². The summed E-state index contributed by atoms with van der Waals surface area (Å²) in [6, 6.07) is 8.15. The Morgan fingerprint density at radius 3 is 2.33 bits per heavy atom. The fourth-order valence-electron chi connectivity index (χ4n) is 1.24. The van der Waals surface area contributed by atoms with E-state index in [0.29, 0.717) is 0 Å². The minimum absolute atomic E-state index is 0.117. The van der Waals surface area contributed by atoms with Gasteiger partial charge in [0.2, 0.25) is 9.84 Å². The molecule has 0 radical (unpaired) electrons. The van der Waals surface area contributed by atoms with Gasteiger partial charge in [-0.2, -0.15) is 5.10 Å². The first-order chi connectivity index (χ1) is 7.10. The number of hydrogen-bond donors (Lipinski definition) is 1. The van der Waals surface area contributed by atoms with Crippen molar-refractivity contribution in [1.82, 2.24) is 10.2 Å². The van der Waals surface area contributed by atoms with E-state index in [1.807, 2.05) is 6.92 Å². The average molecular weight is 222 g/mol. The Balaban J connectivity index is 2.52. The number of aromatic nitrogens is 2. The van der Waals surface area contributed by atoms with Gasteiger partial charge in [-0.25, -0.2) is 8.42 Å². The minimum Gasteiger partial charge on any atom is -0.267 e. The number of aryl methyl sites for hydroxylation is 1. The molecular formula is C10H10N2O2S. The Labute approximate surface area is 87.9 Å². The summed E-state index contributed by atoms with van der Waals surface area (Å²) in [6.45, 7) is 1.91. The number of H-pyrrole nitrogens is 1. The SMILES string of the molecule is Cc1ccc(S(=O)(=O)c2ccn[nH]2)cc1. The molecule has 0 unspecified atom stereocenters. The Morgan fingerprint density at radius 1 is 1.13 bits per heavy atom. The lowest BCUT2D eigenvalue weighted by Crippen LogP contribution is -2.02. The lowest BCUT2D eigenvalue weighted by atomic mass is 10.2. The van der Waals surface area contributed by atoms with Crippen LogP contribution in [0.25, 0.3) is 0 Å². The third-order valence-electron chi connectivity index (χ3n) is 2.10. The molecule has 0 bridgehead atoms. The molecule has 1 N–H and O–H groups in total. The minimum atomic E-state index is -3.43. The van der Waals surface area contributed by atoms with Crippen LogP contribution in [0.1, 0.15) is 5.56 Å². The van der Waals surface area contributed by atoms with Crippen LogP contribution in [0.15, 0.2) is 46.5 Å². The summed E-state index contributed by atoms with van der Waals surface area (Å²) in [4.78, 5) is 0.275. The van der Waals surface area contributed by atoms with E-state index in [1.54, 1.807) is 24.3 Å². The van der Waals surface area contributed by atoms with Gasteiger partial charge in [0.25, 0.3) is 0 Å². The Hall–Kier alpha value is -1.62. The van der Waals surface area contributed by atoms with Crippen molar-refractivity contribution >= 4 is 9.84 Å². The first-order valence-electron chi connectivity index (χ1n) is 4.42. The van der Waals surface area contributed by atoms with Crippen LogP contribution in [0.5, 0.6) is 0 Å². The molecule has 1 aromatic heterocycles. The summed E-state index contributed by atoms with van der Waals surface area (Å²) >= 11 is 0. The molecule has 0 aliphatic heterocycles. The summed E-state index contributed by atoms with van der Waals surface area (Å²) < 4.78 is 23.9. The molecule has 78 valence electrons. The maximum Gasteiger partial charge on any atom is 0.223 e. The number of rotatable bonds is 2. The van der Waals surface area contributed by atoms with Crippen LogP contribution in [-0.4, -0.2) is 18.6 Å². The van der Waals surface area contributed by atoms with Gasteiger partial charge < -0.3 is 0 Å². The van der Waals surface area contributed by atoms with Gasteiger partial charge in [-0.1, -0.05) is 17.7 Å². The molecule has 0 atom stereocenters. The third kappa shape index (κ3) is 1.78. The van der Waals surface area contributed by atoms with E-state index in [-0.39, 0.29) is 9.92 Å². The fraction of sp³-hybridized carbons (Fsp3) is 0.100. The Bertz CT molecular complexity index is 542. The molecule has 1 aromatic carbocycles. The first kappa shape index (κ1) is 9.92. The quantitative estimate of drug-likeness (QED) is 0.838. The highest BCUT2D eigenvalue weighted by atomic mass is 32.2. The molecular weight excluding hydrogens is 212 g/mol. The van der Waals surface area contributed by atoms with Gasteiger partial charge in [0.1, 0.15) is 0 Å². The first-order valence-corrected chi connectivity index (χ1v) is 5.90. The van der Waals surface area contributed by atoms with Gasteiger partial charge >= 0.3 is 0 Å². The highest BCUT2D eigenvalue weighted by Crippen LogP contribution is 2.18. The van der Waals surface area contributed by atoms with Gasteiger partial charge in [0, 0.05) is 0 Å². The standard InChI is InChI=1S/C10H10N2O2S/c1-8-2-4-9(5-3-8)15(13,14)10-6-7-11-12-10/h2-7H,1H3,(H,11,12). The molecule has 5 heteroatoms. The van der Waals surface area contributed by atoms with Crippen molar-refractivity contribution in [3.05, 3.63) is 42.1 Å². The van der Waals surface area contributed by atoms with Crippen LogP contribution in [0, 0.1) is 6.92 Å². The van der Waals surface area contributed by atoms with Gasteiger partial charge in [-0.15, -0.1) is 0 Å². The predicted octanol–water partition coefficient (Wildman–Crippen LogP) is 1.55. The van der Waals surface area contributed by atoms with E-state index in [9.17, 15) is 8.42 Å². The number of sulfone groups is 1. The highest BCUT2D eigenvalue weighted by molar-refractivity contribution is 7.91. The smallest absolute Gasteiger partial charge is 0.223 e. The van der Waals surface area contributed by atoms with Crippen LogP contribution in [-0.2, 0) is 9.84 Å². The average Bonchev–Trinajstić information content (AvgIpc) is 2.71. The second-order valence-corrected chi connectivity index (χ2v) is 5.16. The molecule has 0 spiro atoms. The summed E-state index contributed by atoms with van der Waals surface area (Å²) in [5.74, 6) is 0. The third-order valence-corrected chi connectivity index (χ3v) is 3.80. The van der Waals surface area contributed by atoms with E-state index in [1.165, 1.54) is 12.3 Å². The van der Waals surface area contributed by atoms with Crippen molar-refractivity contribution in [1.29, 1.82) is 0 Å². The summed E-state index contributed by atoms with van der Waals surface area (Å²) in [6.07, 6.45) is 1.42. The molecule has 0 saturated heterocycles. The molecule has 0 aliphatic carbocycles. The van der Waals surface area contributed by atoms with Crippen molar-refractivity contribution in [2.24, 2.45) is 0 Å². The summed E-state index contributed by atoms with van der Waals surface area (Å²) in [7, 11) is -3.43. The largest absolute Gasteiger partial charge is 0.267 e. The van der Waals surface area contributed by atoms with Crippen molar-refractivity contribution in [3.63, 3.8) is 0 Å². The number of nitrogens with zero attached hydrogens (tertiary/aromatic N) is 1. The van der Waals surface area contributed by atoms with E-state index in [0.717, 1.165) is 5.56 Å². The fourth-order valence-corrected chi connectivity index (χ4v) is 2.40. The van der Waals surface area contributed by atoms with Crippen LogP contribution in [0.2, 0.25) is 0 Å². The zero-order valence-corrected chi connectivity index (χ0v) is 8.95. The molecule has 1 heterocycles. The maximum absolute atomic E-state index is 11.9. The zero-order valence-electron chi connectivity index (χ0n) is 8.14. The van der Waals surface area contributed by atoms with Gasteiger partial charge in [0.05, 0.1) is 11.1 Å². The molecule has 0 fully saturated rings. The van der Waals surface area contributed by atoms with E-state index in [4.69, 9.17) is 0 Å². The summed E-state index contributed by atoms with van der Waals surface area (Å²) in [5.41, 5.74) is 1.03. The molecule has 15 heavy (non-hydrogen) atoms. The highest BCUT2D eigenvalue weighted by Gasteiger charge is 2.18. The molecule has 0 aliphatic rings. The van der Waals surface area contributed by atoms with Crippen molar-refractivity contribution in [3.8, 4) is 0 Å². The lowest BCUT2D eigenvalue weighted by Gasteiger charge is -2.01. The lowest BCUT2D eigenvalue weighted by molar-refractivity contribution is 0.592. The van der Waals surface area contributed by atoms with Gasteiger partial charge in [0.15, 0.2) is 5.03 Å². The van der Waals surface area contributed by atoms with Gasteiger partial charge in [-0.3, -0.25) is 5.10 Å². The normalized spacial score (nSPS) is 11.5. The second kappa shape index (κ2) is 3.51. The Morgan fingerprint density at radius 2 is 1.80 bits per heavy atom. The van der Waals surface area contributed by atoms with Crippen molar-refractivity contribution < 1.29 is 8.42 Å². The van der Waals surface area contributed by atoms with Crippen LogP contribution >= 0.6 is 0 Å². The number of benzene rings is 1. The second-order valence-electron chi connectivity index (χ2n) is 3.24. The van der Waals surface area contributed by atoms with E-state index >= 15 is 0 Å². The number of hydrogen-bond acceptors (Lipinski definition) is 3. The topological polar surface area (TPSA) is 62.8 Å². The number of nitrogens with one attached hydrogen (secondary N) is 1. The monoisotopic (exact) mass is 222 g/mol. The molecule has 4 nitrogen and oxygen atoms in total. The molecule has 0 amide bonds. The predicted molar refractivity (Wildman–Crippen MR) is 55.2 cm³/mol. The molecule has 2 aromatic rings. The van der Waals surface area contributed by atoms with Crippen molar-refractivity contribution in [2.75, 3.05) is 0 Å². The van der Waals surface area contributed by atoms with E-state index < -0.39 is 9.84 Å². The van der Waals surface area contributed by atoms with Crippen molar-refractivity contribution in [2.45, 2.75) is 16.8 Å². The maximum atomic E-state index is 11.9.